The van der Waals surface area contributed by atoms with Crippen molar-refractivity contribution in [3.05, 3.63) is 55.6 Å². The second-order valence-corrected chi connectivity index (χ2v) is 5.11. The maximum absolute atomic E-state index is 11.9. The molecule has 0 saturated heterocycles. The van der Waals surface area contributed by atoms with E-state index in [0.29, 0.717) is 5.69 Å². The Morgan fingerprint density at radius 1 is 1.32 bits per heavy atom. The van der Waals surface area contributed by atoms with E-state index in [2.05, 4.69) is 27.9 Å². The number of aryl methyl sites for hydroxylation is 1. The molecule has 0 aliphatic rings. The van der Waals surface area contributed by atoms with Crippen LogP contribution in [-0.2, 0) is 0 Å². The van der Waals surface area contributed by atoms with Crippen molar-refractivity contribution in [3.8, 4) is 5.75 Å². The van der Waals surface area contributed by atoms with Crippen LogP contribution in [-0.4, -0.2) is 11.0 Å². The Balaban J connectivity index is 2.30. The number of nitrogens with one attached hydrogen (secondary N) is 1. The molecule has 1 aromatic carbocycles. The summed E-state index contributed by atoms with van der Waals surface area (Å²) in [5.74, 6) is -0.850. The maximum atomic E-state index is 11.9. The molecule has 0 radical (unpaired) electrons. The number of rotatable bonds is 2. The number of anilines is 1. The van der Waals surface area contributed by atoms with Crippen molar-refractivity contribution in [2.75, 3.05) is 5.32 Å². The molecule has 1 amide bonds. The number of amides is 1. The summed E-state index contributed by atoms with van der Waals surface area (Å²) in [6.07, 6.45) is 0. The molecule has 0 spiro atoms. The van der Waals surface area contributed by atoms with Gasteiger partial charge in [-0.2, -0.15) is 0 Å². The summed E-state index contributed by atoms with van der Waals surface area (Å²) in [6, 6.07) is 8.25. The quantitative estimate of drug-likeness (QED) is 0.796. The zero-order chi connectivity index (χ0) is 14.0. The molecule has 1 heterocycles. The summed E-state index contributed by atoms with van der Waals surface area (Å²) >= 11 is 2.14. The predicted molar refractivity (Wildman–Crippen MR) is 78.5 cm³/mol. The van der Waals surface area contributed by atoms with Crippen LogP contribution in [0.3, 0.4) is 0 Å². The zero-order valence-corrected chi connectivity index (χ0v) is 12.1. The molecule has 5 nitrogen and oxygen atoms in total. The van der Waals surface area contributed by atoms with Gasteiger partial charge in [-0.1, -0.05) is 0 Å². The first-order valence-corrected chi connectivity index (χ1v) is 6.46. The fraction of sp³-hybridized carbons (Fsp3) is 0.0769. The van der Waals surface area contributed by atoms with Gasteiger partial charge < -0.3 is 14.8 Å². The minimum atomic E-state index is -0.861. The Kier molecular flexibility index (Phi) is 3.89. The van der Waals surface area contributed by atoms with E-state index >= 15 is 0 Å². The SMILES string of the molecule is Cc1cc(O)c(C(=O)Nc2ccc(I)cc2)c(=O)o1. The van der Waals surface area contributed by atoms with Crippen LogP contribution < -0.4 is 10.9 Å². The first kappa shape index (κ1) is 13.6. The third-order valence-corrected chi connectivity index (χ3v) is 3.10. The average Bonchev–Trinajstić information content (AvgIpc) is 2.30. The average molecular weight is 371 g/mol. The highest BCUT2D eigenvalue weighted by atomic mass is 127. The molecule has 0 aliphatic heterocycles. The van der Waals surface area contributed by atoms with Gasteiger partial charge in [0.2, 0.25) is 0 Å². The summed E-state index contributed by atoms with van der Waals surface area (Å²) in [5.41, 5.74) is -0.727. The van der Waals surface area contributed by atoms with Crippen molar-refractivity contribution in [2.45, 2.75) is 6.92 Å². The van der Waals surface area contributed by atoms with Crippen LogP contribution in [0.2, 0.25) is 0 Å². The number of hydrogen-bond donors (Lipinski definition) is 2. The first-order chi connectivity index (χ1) is 8.97. The third kappa shape index (κ3) is 3.14. The molecule has 0 unspecified atom stereocenters. The molecule has 2 aromatic rings. The molecule has 2 rings (SSSR count). The third-order valence-electron chi connectivity index (χ3n) is 2.38. The smallest absolute Gasteiger partial charge is 0.352 e. The largest absolute Gasteiger partial charge is 0.507 e. The molecule has 0 aliphatic carbocycles. The summed E-state index contributed by atoms with van der Waals surface area (Å²) in [7, 11) is 0. The van der Waals surface area contributed by atoms with Gasteiger partial charge in [-0.15, -0.1) is 0 Å². The monoisotopic (exact) mass is 371 g/mol. The molecule has 6 heteroatoms. The van der Waals surface area contributed by atoms with Gasteiger partial charge in [0.05, 0.1) is 0 Å². The second kappa shape index (κ2) is 5.43. The predicted octanol–water partition coefficient (Wildman–Crippen LogP) is 2.51. The Labute approximate surface area is 122 Å². The van der Waals surface area contributed by atoms with Crippen molar-refractivity contribution in [3.63, 3.8) is 0 Å². The van der Waals surface area contributed by atoms with E-state index in [1.54, 1.807) is 12.1 Å². The minimum absolute atomic E-state index is 0.244. The highest BCUT2D eigenvalue weighted by Gasteiger charge is 2.18. The van der Waals surface area contributed by atoms with Gasteiger partial charge in [-0.05, 0) is 53.8 Å². The highest BCUT2D eigenvalue weighted by Crippen LogP contribution is 2.17. The number of halogens is 1. The van der Waals surface area contributed by atoms with Crippen LogP contribution >= 0.6 is 22.6 Å². The van der Waals surface area contributed by atoms with Crippen LogP contribution in [0.4, 0.5) is 5.69 Å². The van der Waals surface area contributed by atoms with E-state index in [-0.39, 0.29) is 5.76 Å². The lowest BCUT2D eigenvalue weighted by atomic mass is 10.2. The molecular formula is C13H10INO4. The van der Waals surface area contributed by atoms with Crippen molar-refractivity contribution >= 4 is 34.2 Å². The van der Waals surface area contributed by atoms with Crippen LogP contribution in [0, 0.1) is 10.5 Å². The summed E-state index contributed by atoms with van der Waals surface area (Å²) in [4.78, 5) is 23.5. The van der Waals surface area contributed by atoms with Gasteiger partial charge in [-0.3, -0.25) is 4.79 Å². The molecule has 0 fully saturated rings. The fourth-order valence-electron chi connectivity index (χ4n) is 1.53. The fourth-order valence-corrected chi connectivity index (χ4v) is 1.89. The number of aromatic hydroxyl groups is 1. The Hall–Kier alpha value is -1.83. The van der Waals surface area contributed by atoms with E-state index in [1.807, 2.05) is 12.1 Å². The molecule has 0 atom stereocenters. The molecule has 0 bridgehead atoms. The van der Waals surface area contributed by atoms with E-state index in [0.717, 1.165) is 3.57 Å². The zero-order valence-electron chi connectivity index (χ0n) is 9.94. The van der Waals surface area contributed by atoms with E-state index in [4.69, 9.17) is 4.42 Å². The number of carbonyl (C=O) groups excluding carboxylic acids is 1. The molecule has 0 saturated carbocycles. The number of benzene rings is 1. The van der Waals surface area contributed by atoms with Crippen LogP contribution in [0.5, 0.6) is 5.75 Å². The highest BCUT2D eigenvalue weighted by molar-refractivity contribution is 14.1. The normalized spacial score (nSPS) is 10.2. The van der Waals surface area contributed by atoms with Gasteiger partial charge in [-0.25, -0.2) is 4.79 Å². The minimum Gasteiger partial charge on any atom is -0.507 e. The number of carbonyl (C=O) groups is 1. The Morgan fingerprint density at radius 3 is 2.53 bits per heavy atom. The van der Waals surface area contributed by atoms with Gasteiger partial charge >= 0.3 is 5.63 Å². The van der Waals surface area contributed by atoms with Gasteiger partial charge in [0.1, 0.15) is 11.5 Å². The van der Waals surface area contributed by atoms with E-state index < -0.39 is 22.8 Å². The van der Waals surface area contributed by atoms with Crippen LogP contribution in [0.1, 0.15) is 16.1 Å². The standard InChI is InChI=1S/C13H10INO4/c1-7-6-10(16)11(13(18)19-7)12(17)15-9-4-2-8(14)3-5-9/h2-6,16H,1H3,(H,15,17). The Morgan fingerprint density at radius 2 is 1.95 bits per heavy atom. The Bertz CT molecular complexity index is 676. The topological polar surface area (TPSA) is 79.5 Å². The lowest BCUT2D eigenvalue weighted by Crippen LogP contribution is -2.21. The summed E-state index contributed by atoms with van der Waals surface area (Å²) in [5, 5.41) is 12.2. The first-order valence-electron chi connectivity index (χ1n) is 5.38. The lowest BCUT2D eigenvalue weighted by molar-refractivity contribution is 0.102. The van der Waals surface area contributed by atoms with Crippen molar-refractivity contribution < 1.29 is 14.3 Å². The number of hydrogen-bond acceptors (Lipinski definition) is 4. The summed E-state index contributed by atoms with van der Waals surface area (Å²) in [6.45, 7) is 1.52. The lowest BCUT2D eigenvalue weighted by Gasteiger charge is -2.06. The second-order valence-electron chi connectivity index (χ2n) is 3.87. The maximum Gasteiger partial charge on any atom is 0.352 e. The van der Waals surface area contributed by atoms with Gasteiger partial charge in [0.25, 0.3) is 5.91 Å². The van der Waals surface area contributed by atoms with Gasteiger partial charge in [0, 0.05) is 15.3 Å². The van der Waals surface area contributed by atoms with Crippen molar-refractivity contribution in [1.82, 2.24) is 0 Å². The molecule has 2 N–H and O–H groups in total. The van der Waals surface area contributed by atoms with Crippen LogP contribution in [0.25, 0.3) is 0 Å². The summed E-state index contributed by atoms with van der Waals surface area (Å²) < 4.78 is 5.81. The molecule has 1 aromatic heterocycles. The van der Waals surface area contributed by atoms with Crippen molar-refractivity contribution in [1.29, 1.82) is 0 Å². The molecule has 98 valence electrons. The molecular weight excluding hydrogens is 361 g/mol. The van der Waals surface area contributed by atoms with Crippen LogP contribution in [0.15, 0.2) is 39.5 Å². The van der Waals surface area contributed by atoms with Crippen molar-refractivity contribution in [2.24, 2.45) is 0 Å². The van der Waals surface area contributed by atoms with E-state index in [9.17, 15) is 14.7 Å². The van der Waals surface area contributed by atoms with E-state index in [1.165, 1.54) is 13.0 Å². The van der Waals surface area contributed by atoms with Gasteiger partial charge in [0.15, 0.2) is 5.56 Å². The molecule has 19 heavy (non-hydrogen) atoms.